The second kappa shape index (κ2) is 10.5. The minimum absolute atomic E-state index is 0.739. The number of nitrogens with one attached hydrogen (secondary N) is 1. The topological polar surface area (TPSA) is 47.2 Å². The first-order valence-electron chi connectivity index (χ1n) is 17.4. The van der Waals surface area contributed by atoms with Crippen LogP contribution in [0.5, 0.6) is 0 Å². The first-order valence-corrected chi connectivity index (χ1v) is 17.4. The summed E-state index contributed by atoms with van der Waals surface area (Å²) in [5.74, 6) is 0.863. The molecule has 0 radical (unpaired) electrons. The summed E-state index contributed by atoms with van der Waals surface area (Å²) in [5.41, 5.74) is 13.3. The Morgan fingerprint density at radius 1 is 0.620 bits per heavy atom. The second-order valence-electron chi connectivity index (χ2n) is 13.4. The van der Waals surface area contributed by atoms with Gasteiger partial charge in [0.1, 0.15) is 5.65 Å². The molecule has 1 N–H and O–H groups in total. The molecule has 0 fully saturated rings. The maximum atomic E-state index is 5.52. The van der Waals surface area contributed by atoms with Crippen LogP contribution in [0.15, 0.2) is 133 Å². The lowest BCUT2D eigenvalue weighted by molar-refractivity contribution is 0.854. The van der Waals surface area contributed by atoms with E-state index in [0.29, 0.717) is 0 Å². The number of nitrogens with zero attached hydrogens (tertiary/aromatic N) is 4. The number of allylic oxidation sites excluding steroid dienone is 1. The summed E-state index contributed by atoms with van der Waals surface area (Å²) in [6.45, 7) is 0.739. The third-order valence-corrected chi connectivity index (χ3v) is 10.6. The molecule has 3 aromatic heterocycles. The molecule has 5 nitrogen and oxygen atoms in total. The molecule has 1 aliphatic heterocycles. The van der Waals surface area contributed by atoms with Crippen LogP contribution in [0, 0.1) is 0 Å². The fraction of sp³-hybridized carbons (Fsp3) is 0.0667. The lowest BCUT2D eigenvalue weighted by Crippen LogP contribution is -2.15. The van der Waals surface area contributed by atoms with E-state index in [9.17, 15) is 0 Å². The molecule has 0 bridgehead atoms. The summed E-state index contributed by atoms with van der Waals surface area (Å²) < 4.78 is 4.65. The molecule has 0 amide bonds. The predicted octanol–water partition coefficient (Wildman–Crippen LogP) is 10.7. The number of fused-ring (bicyclic) bond motifs is 10. The van der Waals surface area contributed by atoms with E-state index in [2.05, 4.69) is 160 Å². The van der Waals surface area contributed by atoms with E-state index in [4.69, 9.17) is 9.97 Å². The molecule has 0 saturated carbocycles. The van der Waals surface area contributed by atoms with Gasteiger partial charge in [-0.3, -0.25) is 8.97 Å². The monoisotopic (exact) mass is 641 g/mol. The molecule has 0 spiro atoms. The number of hydrogen-bond acceptors (Lipinski definition) is 3. The highest BCUT2D eigenvalue weighted by molar-refractivity contribution is 6.06. The third kappa shape index (κ3) is 4.07. The zero-order valence-electron chi connectivity index (χ0n) is 27.3. The Balaban J connectivity index is 1.22. The van der Waals surface area contributed by atoms with Gasteiger partial charge in [-0.05, 0) is 93.1 Å². The Kier molecular flexibility index (Phi) is 5.78. The van der Waals surface area contributed by atoms with Crippen molar-refractivity contribution in [3.8, 4) is 17.1 Å². The third-order valence-electron chi connectivity index (χ3n) is 10.6. The summed E-state index contributed by atoms with van der Waals surface area (Å²) >= 11 is 0. The summed E-state index contributed by atoms with van der Waals surface area (Å²) in [5, 5.41) is 10.0. The molecular weight excluding hydrogens is 611 g/mol. The van der Waals surface area contributed by atoms with Gasteiger partial charge in [-0.1, -0.05) is 109 Å². The van der Waals surface area contributed by atoms with E-state index >= 15 is 0 Å². The first-order chi connectivity index (χ1) is 24.8. The number of aromatic nitrogens is 4. The Labute approximate surface area is 288 Å². The van der Waals surface area contributed by atoms with Crippen molar-refractivity contribution in [2.75, 3.05) is 11.9 Å². The van der Waals surface area contributed by atoms with Crippen LogP contribution in [0.25, 0.3) is 83.9 Å². The minimum atomic E-state index is 0.739. The quantitative estimate of drug-likeness (QED) is 0.209. The van der Waals surface area contributed by atoms with Crippen LogP contribution in [0.2, 0.25) is 0 Å². The number of hydrogen-bond donors (Lipinski definition) is 1. The molecule has 2 aliphatic rings. The fourth-order valence-corrected chi connectivity index (χ4v) is 8.07. The van der Waals surface area contributed by atoms with Crippen LogP contribution < -0.4 is 5.32 Å². The molecule has 9 aromatic rings. The van der Waals surface area contributed by atoms with Crippen molar-refractivity contribution in [3.05, 3.63) is 156 Å². The zero-order valence-corrected chi connectivity index (χ0v) is 27.3. The van der Waals surface area contributed by atoms with Gasteiger partial charge in [-0.2, -0.15) is 0 Å². The van der Waals surface area contributed by atoms with Gasteiger partial charge in [0.2, 0.25) is 5.95 Å². The van der Waals surface area contributed by atoms with Crippen molar-refractivity contribution in [2.45, 2.75) is 12.8 Å². The van der Waals surface area contributed by atoms with Crippen LogP contribution in [0.1, 0.15) is 28.9 Å². The van der Waals surface area contributed by atoms with Crippen LogP contribution in [-0.4, -0.2) is 25.5 Å². The van der Waals surface area contributed by atoms with Gasteiger partial charge in [-0.15, -0.1) is 0 Å². The Bertz CT molecular complexity index is 2940. The molecule has 4 heterocycles. The van der Waals surface area contributed by atoms with Crippen LogP contribution in [-0.2, 0) is 6.42 Å². The smallest absolute Gasteiger partial charge is 0.221 e. The van der Waals surface area contributed by atoms with Crippen molar-refractivity contribution in [1.29, 1.82) is 0 Å². The van der Waals surface area contributed by atoms with E-state index in [-0.39, 0.29) is 0 Å². The number of anilines is 1. The molecule has 0 unspecified atom stereocenters. The predicted molar refractivity (Wildman–Crippen MR) is 208 cm³/mol. The summed E-state index contributed by atoms with van der Waals surface area (Å²) in [6, 6.07) is 46.0. The van der Waals surface area contributed by atoms with Gasteiger partial charge in [0.15, 0.2) is 0 Å². The SMILES string of the molecule is C1=Cc2c(nc(-n3c4c(c5ccc(-c6ccc7ccccc7c6)cc53)NCC(c3ccc5ccccc5c3)=C4)n3c2nc2ccccc23)CC1. The van der Waals surface area contributed by atoms with Gasteiger partial charge in [0.25, 0.3) is 0 Å². The summed E-state index contributed by atoms with van der Waals surface area (Å²) in [6.07, 6.45) is 8.68. The summed E-state index contributed by atoms with van der Waals surface area (Å²) in [4.78, 5) is 10.7. The molecule has 236 valence electrons. The maximum absolute atomic E-state index is 5.52. The van der Waals surface area contributed by atoms with Gasteiger partial charge < -0.3 is 5.32 Å². The molecule has 6 aromatic carbocycles. The van der Waals surface area contributed by atoms with Gasteiger partial charge >= 0.3 is 0 Å². The molecule has 0 atom stereocenters. The standard InChI is InChI=1S/C45H31N5/c1-3-11-30-23-32(19-17-28(30)9-1)34-21-22-37-41(25-34)49(42-26-35(27-46-43(37)42)33-20-18-29-10-2-4-12-31(29)24-33)45-48-38-14-6-5-13-36(38)44-47-39-15-7-8-16-40(39)50(44)45/h1-5,7-13,15-26,46H,6,14,27H2. The van der Waals surface area contributed by atoms with Crippen molar-refractivity contribution in [1.82, 2.24) is 18.9 Å². The van der Waals surface area contributed by atoms with E-state index in [0.717, 1.165) is 70.2 Å². The number of imidazole rings is 1. The molecular formula is C45H31N5. The van der Waals surface area contributed by atoms with Gasteiger partial charge in [0, 0.05) is 17.5 Å². The average Bonchev–Trinajstić information content (AvgIpc) is 3.73. The highest BCUT2D eigenvalue weighted by Gasteiger charge is 2.27. The summed E-state index contributed by atoms with van der Waals surface area (Å²) in [7, 11) is 0. The van der Waals surface area contributed by atoms with Crippen LogP contribution in [0.3, 0.4) is 0 Å². The number of aryl methyl sites for hydroxylation is 1. The van der Waals surface area contributed by atoms with Gasteiger partial charge in [0.05, 0.1) is 33.6 Å². The van der Waals surface area contributed by atoms with E-state index in [1.807, 2.05) is 0 Å². The lowest BCUT2D eigenvalue weighted by atomic mass is 9.98. The molecule has 50 heavy (non-hydrogen) atoms. The Morgan fingerprint density at radius 3 is 2.16 bits per heavy atom. The number of benzene rings is 6. The van der Waals surface area contributed by atoms with Crippen molar-refractivity contribution in [3.63, 3.8) is 0 Å². The second-order valence-corrected chi connectivity index (χ2v) is 13.4. The molecule has 11 rings (SSSR count). The Hall–Kier alpha value is -6.46. The van der Waals surface area contributed by atoms with Crippen molar-refractivity contribution in [2.24, 2.45) is 0 Å². The number of rotatable bonds is 3. The van der Waals surface area contributed by atoms with Crippen LogP contribution >= 0.6 is 0 Å². The molecule has 1 aliphatic carbocycles. The minimum Gasteiger partial charge on any atom is -0.379 e. The largest absolute Gasteiger partial charge is 0.379 e. The van der Waals surface area contributed by atoms with E-state index < -0.39 is 0 Å². The first kappa shape index (κ1) is 27.5. The zero-order chi connectivity index (χ0) is 32.8. The highest BCUT2D eigenvalue weighted by atomic mass is 15.2. The normalized spacial score (nSPS) is 14.0. The molecule has 5 heteroatoms. The Morgan fingerprint density at radius 2 is 1.32 bits per heavy atom. The van der Waals surface area contributed by atoms with Gasteiger partial charge in [-0.25, -0.2) is 9.97 Å². The lowest BCUT2D eigenvalue weighted by Gasteiger charge is -2.20. The van der Waals surface area contributed by atoms with Crippen LogP contribution in [0.4, 0.5) is 5.69 Å². The van der Waals surface area contributed by atoms with Crippen molar-refractivity contribution < 1.29 is 0 Å². The molecule has 0 saturated heterocycles. The maximum Gasteiger partial charge on any atom is 0.221 e. The van der Waals surface area contributed by atoms with E-state index in [1.54, 1.807) is 0 Å². The van der Waals surface area contributed by atoms with E-state index in [1.165, 1.54) is 49.2 Å². The highest BCUT2D eigenvalue weighted by Crippen LogP contribution is 2.42. The van der Waals surface area contributed by atoms with Crippen molar-refractivity contribution >= 4 is 72.5 Å². The fourth-order valence-electron chi connectivity index (χ4n) is 8.07. The number of para-hydroxylation sites is 2. The average molecular weight is 642 g/mol.